The smallest absolute Gasteiger partial charge is 0.251 e. The number of carbonyl (C=O) groups is 2. The SMILES string of the molecule is CC1(C)CS(=O)(=O)N(c2ccc(C(=O)NCC(c3ccco3)N3CCCC3)cc2)C1=O. The normalized spacial score (nSPS) is 21.4. The minimum atomic E-state index is -3.72. The number of amides is 2. The summed E-state index contributed by atoms with van der Waals surface area (Å²) in [6, 6.07) is 9.79. The summed E-state index contributed by atoms with van der Waals surface area (Å²) in [4.78, 5) is 27.5. The monoisotopic (exact) mass is 445 g/mol. The van der Waals surface area contributed by atoms with Gasteiger partial charge in [-0.1, -0.05) is 0 Å². The van der Waals surface area contributed by atoms with Crippen molar-refractivity contribution in [2.24, 2.45) is 5.41 Å². The van der Waals surface area contributed by atoms with Crippen molar-refractivity contribution >= 4 is 27.5 Å². The Morgan fingerprint density at radius 2 is 1.84 bits per heavy atom. The lowest BCUT2D eigenvalue weighted by Crippen LogP contribution is -2.36. The van der Waals surface area contributed by atoms with Gasteiger partial charge in [0.2, 0.25) is 15.9 Å². The van der Waals surface area contributed by atoms with Gasteiger partial charge in [-0.2, -0.15) is 0 Å². The summed E-state index contributed by atoms with van der Waals surface area (Å²) < 4.78 is 31.3. The van der Waals surface area contributed by atoms with Gasteiger partial charge in [-0.15, -0.1) is 0 Å². The fraction of sp³-hybridized carbons (Fsp3) is 0.455. The molecule has 9 heteroatoms. The molecule has 0 aliphatic carbocycles. The van der Waals surface area contributed by atoms with E-state index in [9.17, 15) is 18.0 Å². The van der Waals surface area contributed by atoms with E-state index in [1.165, 1.54) is 24.3 Å². The predicted octanol–water partition coefficient (Wildman–Crippen LogP) is 2.55. The number of rotatable bonds is 6. The zero-order chi connectivity index (χ0) is 22.2. The number of sulfonamides is 1. The van der Waals surface area contributed by atoms with Crippen LogP contribution in [0.15, 0.2) is 47.1 Å². The summed E-state index contributed by atoms with van der Waals surface area (Å²) in [6.45, 7) is 5.56. The number of anilines is 1. The molecule has 0 spiro atoms. The molecule has 1 aromatic carbocycles. The van der Waals surface area contributed by atoms with E-state index in [2.05, 4.69) is 10.2 Å². The molecular formula is C22H27N3O5S. The van der Waals surface area contributed by atoms with Crippen molar-refractivity contribution in [1.82, 2.24) is 10.2 Å². The van der Waals surface area contributed by atoms with Crippen molar-refractivity contribution < 1.29 is 22.4 Å². The highest BCUT2D eigenvalue weighted by Crippen LogP contribution is 2.35. The highest BCUT2D eigenvalue weighted by molar-refractivity contribution is 7.94. The van der Waals surface area contributed by atoms with Gasteiger partial charge in [0.25, 0.3) is 5.91 Å². The van der Waals surface area contributed by atoms with Crippen LogP contribution in [-0.4, -0.2) is 50.5 Å². The fourth-order valence-corrected chi connectivity index (χ4v) is 6.35. The summed E-state index contributed by atoms with van der Waals surface area (Å²) in [5.41, 5.74) is -0.324. The largest absolute Gasteiger partial charge is 0.468 e. The molecule has 0 bridgehead atoms. The lowest BCUT2D eigenvalue weighted by atomic mass is 9.95. The molecule has 1 atom stereocenters. The number of benzene rings is 1. The molecule has 2 saturated heterocycles. The summed E-state index contributed by atoms with van der Waals surface area (Å²) >= 11 is 0. The molecule has 0 saturated carbocycles. The summed E-state index contributed by atoms with van der Waals surface area (Å²) in [7, 11) is -3.72. The molecule has 2 aliphatic rings. The first-order valence-electron chi connectivity index (χ1n) is 10.4. The number of carbonyl (C=O) groups excluding carboxylic acids is 2. The molecule has 2 aromatic rings. The third kappa shape index (κ3) is 4.24. The molecule has 1 aromatic heterocycles. The third-order valence-corrected chi connectivity index (χ3v) is 7.88. The van der Waals surface area contributed by atoms with Crippen molar-refractivity contribution in [3.63, 3.8) is 0 Å². The molecule has 2 amide bonds. The van der Waals surface area contributed by atoms with Gasteiger partial charge in [-0.3, -0.25) is 14.5 Å². The van der Waals surface area contributed by atoms with Crippen LogP contribution in [0.4, 0.5) is 5.69 Å². The van der Waals surface area contributed by atoms with Gasteiger partial charge in [0.05, 0.1) is 29.2 Å². The topological polar surface area (TPSA) is 99.9 Å². The maximum absolute atomic E-state index is 12.7. The van der Waals surface area contributed by atoms with Crippen LogP contribution >= 0.6 is 0 Å². The standard InChI is InChI=1S/C22H27N3O5S/c1-22(2)15-31(28,29)25(21(22)27)17-9-7-16(8-10-17)20(26)23-14-18(19-6-5-13-30-19)24-11-3-4-12-24/h5-10,13,18H,3-4,11-12,14-15H2,1-2H3,(H,23,26). The Bertz CT molecular complexity index is 1060. The van der Waals surface area contributed by atoms with E-state index >= 15 is 0 Å². The Hall–Kier alpha value is -2.65. The predicted molar refractivity (Wildman–Crippen MR) is 116 cm³/mol. The summed E-state index contributed by atoms with van der Waals surface area (Å²) in [6.07, 6.45) is 3.89. The van der Waals surface area contributed by atoms with Gasteiger partial charge in [0.1, 0.15) is 5.76 Å². The van der Waals surface area contributed by atoms with E-state index in [-0.39, 0.29) is 23.4 Å². The number of hydrogen-bond donors (Lipinski definition) is 1. The summed E-state index contributed by atoms with van der Waals surface area (Å²) in [5.74, 6) is -0.140. The zero-order valence-electron chi connectivity index (χ0n) is 17.7. The molecule has 2 fully saturated rings. The molecular weight excluding hydrogens is 418 g/mol. The van der Waals surface area contributed by atoms with Gasteiger partial charge in [0.15, 0.2) is 0 Å². The van der Waals surface area contributed by atoms with Crippen LogP contribution in [0.3, 0.4) is 0 Å². The second-order valence-corrected chi connectivity index (χ2v) is 10.6. The van der Waals surface area contributed by atoms with Crippen LogP contribution in [-0.2, 0) is 14.8 Å². The Kier molecular flexibility index (Phi) is 5.65. The Morgan fingerprint density at radius 1 is 1.16 bits per heavy atom. The zero-order valence-corrected chi connectivity index (χ0v) is 18.5. The van der Waals surface area contributed by atoms with Gasteiger partial charge >= 0.3 is 0 Å². The lowest BCUT2D eigenvalue weighted by Gasteiger charge is -2.26. The second kappa shape index (κ2) is 8.12. The fourth-order valence-electron chi connectivity index (χ4n) is 4.24. The molecule has 2 aliphatic heterocycles. The second-order valence-electron chi connectivity index (χ2n) is 8.74. The molecule has 1 unspecified atom stereocenters. The molecule has 8 nitrogen and oxygen atoms in total. The van der Waals surface area contributed by atoms with E-state index in [0.29, 0.717) is 12.1 Å². The van der Waals surface area contributed by atoms with E-state index < -0.39 is 21.3 Å². The van der Waals surface area contributed by atoms with Crippen LogP contribution in [0, 0.1) is 5.41 Å². The van der Waals surface area contributed by atoms with Crippen LogP contribution in [0.5, 0.6) is 0 Å². The van der Waals surface area contributed by atoms with E-state index in [0.717, 1.165) is 36.0 Å². The molecule has 31 heavy (non-hydrogen) atoms. The number of hydrogen-bond acceptors (Lipinski definition) is 6. The van der Waals surface area contributed by atoms with Crippen LogP contribution in [0.1, 0.15) is 48.8 Å². The van der Waals surface area contributed by atoms with Gasteiger partial charge < -0.3 is 9.73 Å². The lowest BCUT2D eigenvalue weighted by molar-refractivity contribution is -0.123. The third-order valence-electron chi connectivity index (χ3n) is 5.86. The number of likely N-dealkylation sites (tertiary alicyclic amines) is 1. The first kappa shape index (κ1) is 21.6. The van der Waals surface area contributed by atoms with Gasteiger partial charge in [-0.25, -0.2) is 12.7 Å². The maximum atomic E-state index is 12.7. The average molecular weight is 446 g/mol. The highest BCUT2D eigenvalue weighted by Gasteiger charge is 2.49. The minimum Gasteiger partial charge on any atom is -0.468 e. The first-order chi connectivity index (χ1) is 14.7. The molecule has 3 heterocycles. The van der Waals surface area contributed by atoms with E-state index in [1.807, 2.05) is 12.1 Å². The van der Waals surface area contributed by atoms with Crippen LogP contribution in [0.25, 0.3) is 0 Å². The Labute approximate surface area is 182 Å². The van der Waals surface area contributed by atoms with Crippen molar-refractivity contribution in [3.8, 4) is 0 Å². The minimum absolute atomic E-state index is 0.0321. The maximum Gasteiger partial charge on any atom is 0.251 e. The molecule has 0 radical (unpaired) electrons. The quantitative estimate of drug-likeness (QED) is 0.734. The number of nitrogens with one attached hydrogen (secondary N) is 1. The van der Waals surface area contributed by atoms with Crippen molar-refractivity contribution in [2.45, 2.75) is 32.7 Å². The van der Waals surface area contributed by atoms with E-state index in [4.69, 9.17) is 4.42 Å². The molecule has 1 N–H and O–H groups in total. The summed E-state index contributed by atoms with van der Waals surface area (Å²) in [5, 5.41) is 2.95. The van der Waals surface area contributed by atoms with Crippen molar-refractivity contribution in [3.05, 3.63) is 54.0 Å². The van der Waals surface area contributed by atoms with Gasteiger partial charge in [0, 0.05) is 12.1 Å². The molecule has 4 rings (SSSR count). The number of furan rings is 1. The van der Waals surface area contributed by atoms with Crippen molar-refractivity contribution in [2.75, 3.05) is 29.7 Å². The van der Waals surface area contributed by atoms with E-state index in [1.54, 1.807) is 20.1 Å². The number of nitrogens with zero attached hydrogens (tertiary/aromatic N) is 2. The Morgan fingerprint density at radius 3 is 2.39 bits per heavy atom. The van der Waals surface area contributed by atoms with Crippen LogP contribution < -0.4 is 9.62 Å². The van der Waals surface area contributed by atoms with Gasteiger partial charge in [-0.05, 0) is 76.2 Å². The van der Waals surface area contributed by atoms with Crippen LogP contribution in [0.2, 0.25) is 0 Å². The van der Waals surface area contributed by atoms with Crippen molar-refractivity contribution in [1.29, 1.82) is 0 Å². The Balaban J connectivity index is 1.45. The average Bonchev–Trinajstić information content (AvgIpc) is 3.44. The molecule has 166 valence electrons. The highest BCUT2D eigenvalue weighted by atomic mass is 32.2. The first-order valence-corrected chi connectivity index (χ1v) is 12.0.